The van der Waals surface area contributed by atoms with Crippen molar-refractivity contribution in [3.63, 3.8) is 0 Å². The van der Waals surface area contributed by atoms with Crippen molar-refractivity contribution in [1.82, 2.24) is 4.90 Å². The number of methoxy groups -OCH3 is 1. The number of carbonyl (C=O) groups is 2. The van der Waals surface area contributed by atoms with E-state index in [0.717, 1.165) is 12.8 Å². The van der Waals surface area contributed by atoms with Gasteiger partial charge in [0.25, 0.3) is 0 Å². The molecule has 0 aromatic carbocycles. The number of amides is 1. The highest BCUT2D eigenvalue weighted by molar-refractivity contribution is 5.85. The van der Waals surface area contributed by atoms with Crippen LogP contribution in [0.15, 0.2) is 0 Å². The van der Waals surface area contributed by atoms with Crippen LogP contribution in [0.1, 0.15) is 40.0 Å². The largest absolute Gasteiger partial charge is 0.468 e. The molecule has 0 bridgehead atoms. The van der Waals surface area contributed by atoms with Crippen molar-refractivity contribution in [3.05, 3.63) is 0 Å². The summed E-state index contributed by atoms with van der Waals surface area (Å²) in [5, 5.41) is 0. The summed E-state index contributed by atoms with van der Waals surface area (Å²) in [6, 6.07) is -0.538. The minimum absolute atomic E-state index is 0.0144. The number of rotatable bonds is 8. The van der Waals surface area contributed by atoms with Crippen LogP contribution >= 0.6 is 0 Å². The predicted molar refractivity (Wildman–Crippen MR) is 70.9 cm³/mol. The van der Waals surface area contributed by atoms with Gasteiger partial charge in [-0.1, -0.05) is 33.6 Å². The molecular weight excluding hydrogens is 232 g/mol. The third-order valence-corrected chi connectivity index (χ3v) is 3.25. The third kappa shape index (κ3) is 5.49. The smallest absolute Gasteiger partial charge is 0.325 e. The predicted octanol–water partition coefficient (Wildman–Crippen LogP) is 1.16. The van der Waals surface area contributed by atoms with Crippen molar-refractivity contribution in [1.29, 1.82) is 0 Å². The Morgan fingerprint density at radius 3 is 2.11 bits per heavy atom. The monoisotopic (exact) mass is 258 g/mol. The molecule has 0 radical (unpaired) electrons. The lowest BCUT2D eigenvalue weighted by Gasteiger charge is -2.27. The number of nitrogens with two attached hydrogens (primary N) is 1. The van der Waals surface area contributed by atoms with E-state index in [1.165, 1.54) is 12.0 Å². The maximum atomic E-state index is 12.1. The molecule has 0 aliphatic carbocycles. The van der Waals surface area contributed by atoms with Crippen molar-refractivity contribution < 1.29 is 14.3 Å². The van der Waals surface area contributed by atoms with Crippen molar-refractivity contribution in [2.24, 2.45) is 11.7 Å². The molecule has 0 spiro atoms. The Labute approximate surface area is 110 Å². The second-order valence-corrected chi connectivity index (χ2v) is 4.49. The number of esters is 1. The first-order valence-corrected chi connectivity index (χ1v) is 6.61. The zero-order valence-corrected chi connectivity index (χ0v) is 11.9. The molecule has 0 aromatic rings. The maximum Gasteiger partial charge on any atom is 0.325 e. The van der Waals surface area contributed by atoms with Crippen molar-refractivity contribution in [2.45, 2.75) is 46.1 Å². The van der Waals surface area contributed by atoms with Gasteiger partial charge in [0.1, 0.15) is 6.54 Å². The zero-order valence-electron chi connectivity index (χ0n) is 11.9. The molecule has 0 unspecified atom stereocenters. The molecule has 18 heavy (non-hydrogen) atoms. The summed E-state index contributed by atoms with van der Waals surface area (Å²) in [5.41, 5.74) is 5.75. The van der Waals surface area contributed by atoms with Gasteiger partial charge in [-0.15, -0.1) is 0 Å². The molecule has 0 heterocycles. The standard InChI is InChI=1S/C13H26N2O3/c1-5-10(6-2)8-15(9-12(16)18-4)13(17)11(14)7-3/h10-11H,5-9,14H2,1-4H3/t11-/m0/s1. The van der Waals surface area contributed by atoms with E-state index in [9.17, 15) is 9.59 Å². The van der Waals surface area contributed by atoms with E-state index in [2.05, 4.69) is 18.6 Å². The molecule has 0 aromatic heterocycles. The molecule has 2 N–H and O–H groups in total. The van der Waals surface area contributed by atoms with E-state index < -0.39 is 12.0 Å². The van der Waals surface area contributed by atoms with Gasteiger partial charge >= 0.3 is 5.97 Å². The Morgan fingerprint density at radius 1 is 1.17 bits per heavy atom. The molecule has 106 valence electrons. The molecule has 0 saturated heterocycles. The average molecular weight is 258 g/mol. The lowest BCUT2D eigenvalue weighted by molar-refractivity contribution is -0.147. The van der Waals surface area contributed by atoms with Gasteiger partial charge in [-0.3, -0.25) is 9.59 Å². The lowest BCUT2D eigenvalue weighted by Crippen LogP contribution is -2.47. The van der Waals surface area contributed by atoms with Gasteiger partial charge < -0.3 is 15.4 Å². The molecule has 5 nitrogen and oxygen atoms in total. The number of hydrogen-bond acceptors (Lipinski definition) is 4. The Hall–Kier alpha value is -1.10. The molecule has 0 saturated carbocycles. The van der Waals surface area contributed by atoms with E-state index in [0.29, 0.717) is 18.9 Å². The summed E-state index contributed by atoms with van der Waals surface area (Å²) >= 11 is 0. The van der Waals surface area contributed by atoms with E-state index in [4.69, 9.17) is 5.73 Å². The van der Waals surface area contributed by atoms with Gasteiger partial charge in [-0.05, 0) is 12.3 Å². The van der Waals surface area contributed by atoms with E-state index in [1.54, 1.807) is 0 Å². The van der Waals surface area contributed by atoms with Gasteiger partial charge in [0, 0.05) is 6.54 Å². The highest BCUT2D eigenvalue weighted by Crippen LogP contribution is 2.11. The van der Waals surface area contributed by atoms with Crippen LogP contribution < -0.4 is 5.73 Å². The number of ether oxygens (including phenoxy) is 1. The lowest BCUT2D eigenvalue weighted by atomic mass is 10.0. The Balaban J connectivity index is 4.70. The summed E-state index contributed by atoms with van der Waals surface area (Å²) in [6.45, 7) is 6.56. The summed E-state index contributed by atoms with van der Waals surface area (Å²) in [4.78, 5) is 25.0. The van der Waals surface area contributed by atoms with Crippen LogP contribution in [0, 0.1) is 5.92 Å². The second-order valence-electron chi connectivity index (χ2n) is 4.49. The van der Waals surface area contributed by atoms with Crippen LogP contribution in [0.5, 0.6) is 0 Å². The summed E-state index contributed by atoms with van der Waals surface area (Å²) < 4.78 is 4.62. The van der Waals surface area contributed by atoms with E-state index in [1.807, 2.05) is 6.92 Å². The van der Waals surface area contributed by atoms with Gasteiger partial charge in [0.15, 0.2) is 0 Å². The first-order chi connectivity index (χ1) is 8.49. The highest BCUT2D eigenvalue weighted by Gasteiger charge is 2.24. The Kier molecular flexibility index (Phi) is 8.37. The SMILES string of the molecule is CCC(CC)CN(CC(=O)OC)C(=O)[C@@H](N)CC. The second kappa shape index (κ2) is 8.91. The average Bonchev–Trinajstić information content (AvgIpc) is 2.41. The summed E-state index contributed by atoms with van der Waals surface area (Å²) in [5.74, 6) is -0.185. The Morgan fingerprint density at radius 2 is 1.72 bits per heavy atom. The fraction of sp³-hybridized carbons (Fsp3) is 0.846. The summed E-state index contributed by atoms with van der Waals surface area (Å²) in [6.07, 6.45) is 2.52. The van der Waals surface area contributed by atoms with Crippen LogP contribution in [0.25, 0.3) is 0 Å². The molecule has 5 heteroatoms. The van der Waals surface area contributed by atoms with Crippen LogP contribution in [0.2, 0.25) is 0 Å². The van der Waals surface area contributed by atoms with E-state index in [-0.39, 0.29) is 12.5 Å². The summed E-state index contributed by atoms with van der Waals surface area (Å²) in [7, 11) is 1.32. The molecule has 0 aliphatic rings. The zero-order chi connectivity index (χ0) is 14.1. The fourth-order valence-corrected chi connectivity index (χ4v) is 1.72. The highest BCUT2D eigenvalue weighted by atomic mass is 16.5. The first-order valence-electron chi connectivity index (χ1n) is 6.61. The van der Waals surface area contributed by atoms with E-state index >= 15 is 0 Å². The fourth-order valence-electron chi connectivity index (χ4n) is 1.72. The molecule has 0 aliphatic heterocycles. The van der Waals surface area contributed by atoms with Crippen molar-refractivity contribution >= 4 is 11.9 Å². The van der Waals surface area contributed by atoms with Gasteiger partial charge in [-0.25, -0.2) is 0 Å². The first kappa shape index (κ1) is 16.9. The van der Waals surface area contributed by atoms with Gasteiger partial charge in [0.2, 0.25) is 5.91 Å². The minimum atomic E-state index is -0.538. The van der Waals surface area contributed by atoms with Gasteiger partial charge in [-0.2, -0.15) is 0 Å². The number of hydrogen-bond donors (Lipinski definition) is 1. The maximum absolute atomic E-state index is 12.1. The molecule has 0 fully saturated rings. The molecular formula is C13H26N2O3. The normalized spacial score (nSPS) is 12.3. The number of nitrogens with zero attached hydrogens (tertiary/aromatic N) is 1. The number of carbonyl (C=O) groups excluding carboxylic acids is 2. The van der Waals surface area contributed by atoms with Crippen LogP contribution in [-0.2, 0) is 14.3 Å². The third-order valence-electron chi connectivity index (χ3n) is 3.25. The van der Waals surface area contributed by atoms with Crippen LogP contribution in [0.3, 0.4) is 0 Å². The molecule has 1 atom stereocenters. The quantitative estimate of drug-likeness (QED) is 0.663. The van der Waals surface area contributed by atoms with Crippen LogP contribution in [-0.4, -0.2) is 43.0 Å². The molecule has 0 rings (SSSR count). The van der Waals surface area contributed by atoms with Gasteiger partial charge in [0.05, 0.1) is 13.2 Å². The van der Waals surface area contributed by atoms with Crippen LogP contribution in [0.4, 0.5) is 0 Å². The van der Waals surface area contributed by atoms with Crippen molar-refractivity contribution in [2.75, 3.05) is 20.2 Å². The van der Waals surface area contributed by atoms with Crippen molar-refractivity contribution in [3.8, 4) is 0 Å². The minimum Gasteiger partial charge on any atom is -0.468 e. The molecule has 1 amide bonds. The topological polar surface area (TPSA) is 72.6 Å². The Bertz CT molecular complexity index is 265.